The van der Waals surface area contributed by atoms with Crippen LogP contribution in [0.25, 0.3) is 0 Å². The molecule has 92 valence electrons. The highest BCUT2D eigenvalue weighted by Gasteiger charge is 2.28. The molecule has 4 heteroatoms. The zero-order valence-corrected chi connectivity index (χ0v) is 10.3. The molecule has 1 saturated carbocycles. The number of carbonyl (C=O) groups excluding carboxylic acids is 2. The van der Waals surface area contributed by atoms with Crippen molar-refractivity contribution in [1.82, 2.24) is 5.32 Å². The van der Waals surface area contributed by atoms with Gasteiger partial charge in [-0.3, -0.25) is 4.79 Å². The number of nitrogens with one attached hydrogen (secondary N) is 1. The molecule has 1 rings (SSSR count). The van der Waals surface area contributed by atoms with Gasteiger partial charge in [0.2, 0.25) is 0 Å². The van der Waals surface area contributed by atoms with Gasteiger partial charge in [-0.1, -0.05) is 13.8 Å². The van der Waals surface area contributed by atoms with Gasteiger partial charge in [0.05, 0.1) is 7.11 Å². The number of rotatable bonds is 3. The third-order valence-corrected chi connectivity index (χ3v) is 3.21. The molecule has 0 radical (unpaired) electrons. The number of Topliss-reactive ketones (excluding diaryl/α,β-unsaturated/α-hetero) is 1. The molecular weight excluding hydrogens is 206 g/mol. The molecule has 1 N–H and O–H groups in total. The Kier molecular flexibility index (Phi) is 4.77. The first kappa shape index (κ1) is 13.0. The van der Waals surface area contributed by atoms with Gasteiger partial charge in [0.1, 0.15) is 5.78 Å². The average Bonchev–Trinajstić information content (AvgIpc) is 2.28. The number of amides is 1. The number of hydrogen-bond acceptors (Lipinski definition) is 3. The molecule has 0 atom stereocenters. The van der Waals surface area contributed by atoms with Crippen LogP contribution in [0.15, 0.2) is 0 Å². The second-order valence-electron chi connectivity index (χ2n) is 4.74. The van der Waals surface area contributed by atoms with E-state index in [0.717, 1.165) is 25.7 Å². The van der Waals surface area contributed by atoms with Crippen LogP contribution in [-0.4, -0.2) is 25.0 Å². The van der Waals surface area contributed by atoms with Gasteiger partial charge in [0.25, 0.3) is 0 Å². The van der Waals surface area contributed by atoms with Gasteiger partial charge >= 0.3 is 6.09 Å². The van der Waals surface area contributed by atoms with E-state index < -0.39 is 0 Å². The Balaban J connectivity index is 2.34. The number of carbonyl (C=O) groups is 2. The molecule has 0 aliphatic heterocycles. The summed E-state index contributed by atoms with van der Waals surface area (Å²) in [4.78, 5) is 22.8. The predicted molar refractivity (Wildman–Crippen MR) is 61.1 cm³/mol. The Bertz CT molecular complexity index is 255. The van der Waals surface area contributed by atoms with Gasteiger partial charge in [-0.2, -0.15) is 0 Å². The highest BCUT2D eigenvalue weighted by atomic mass is 16.5. The van der Waals surface area contributed by atoms with Crippen LogP contribution in [0.5, 0.6) is 0 Å². The van der Waals surface area contributed by atoms with Crippen molar-refractivity contribution in [3.63, 3.8) is 0 Å². The SMILES string of the molecule is COC(=O)NC1CCC(C(=O)C(C)C)CC1. The topological polar surface area (TPSA) is 55.4 Å². The minimum absolute atomic E-state index is 0.120. The van der Waals surface area contributed by atoms with E-state index in [4.69, 9.17) is 0 Å². The minimum atomic E-state index is -0.376. The van der Waals surface area contributed by atoms with Crippen molar-refractivity contribution < 1.29 is 14.3 Å². The van der Waals surface area contributed by atoms with Crippen molar-refractivity contribution in [2.75, 3.05) is 7.11 Å². The van der Waals surface area contributed by atoms with E-state index in [1.807, 2.05) is 13.8 Å². The van der Waals surface area contributed by atoms with Gasteiger partial charge < -0.3 is 10.1 Å². The standard InChI is InChI=1S/C12H21NO3/c1-8(2)11(14)9-4-6-10(7-5-9)13-12(15)16-3/h8-10H,4-7H2,1-3H3,(H,13,15). The van der Waals surface area contributed by atoms with Crippen LogP contribution in [0.3, 0.4) is 0 Å². The van der Waals surface area contributed by atoms with E-state index >= 15 is 0 Å². The van der Waals surface area contributed by atoms with Crippen LogP contribution in [0, 0.1) is 11.8 Å². The lowest BCUT2D eigenvalue weighted by Crippen LogP contribution is -2.39. The Morgan fingerprint density at radius 3 is 2.19 bits per heavy atom. The molecule has 16 heavy (non-hydrogen) atoms. The fraction of sp³-hybridized carbons (Fsp3) is 0.833. The Morgan fingerprint density at radius 2 is 1.75 bits per heavy atom. The van der Waals surface area contributed by atoms with Crippen molar-refractivity contribution >= 4 is 11.9 Å². The summed E-state index contributed by atoms with van der Waals surface area (Å²) in [5, 5.41) is 2.78. The van der Waals surface area contributed by atoms with Gasteiger partial charge in [-0.25, -0.2) is 4.79 Å². The molecule has 1 amide bonds. The summed E-state index contributed by atoms with van der Waals surface area (Å²) in [6.07, 6.45) is 3.13. The van der Waals surface area contributed by atoms with E-state index in [2.05, 4.69) is 10.1 Å². The maximum Gasteiger partial charge on any atom is 0.407 e. The Hall–Kier alpha value is -1.06. The molecule has 0 saturated heterocycles. The summed E-state index contributed by atoms with van der Waals surface area (Å²) in [6.45, 7) is 3.89. The molecule has 0 unspecified atom stereocenters. The number of ether oxygens (including phenoxy) is 1. The van der Waals surface area contributed by atoms with E-state index in [1.165, 1.54) is 7.11 Å². The Labute approximate surface area is 96.7 Å². The first-order chi connectivity index (χ1) is 7.54. The lowest BCUT2D eigenvalue weighted by atomic mass is 9.80. The average molecular weight is 227 g/mol. The molecule has 0 bridgehead atoms. The van der Waals surface area contributed by atoms with Crippen LogP contribution >= 0.6 is 0 Å². The predicted octanol–water partition coefficient (Wildman–Crippen LogP) is 2.13. The van der Waals surface area contributed by atoms with Crippen molar-refractivity contribution in [1.29, 1.82) is 0 Å². The number of methoxy groups -OCH3 is 1. The summed E-state index contributed by atoms with van der Waals surface area (Å²) in [5.41, 5.74) is 0. The maximum absolute atomic E-state index is 11.8. The van der Waals surface area contributed by atoms with E-state index in [1.54, 1.807) is 0 Å². The van der Waals surface area contributed by atoms with Crippen LogP contribution in [0.2, 0.25) is 0 Å². The molecule has 1 aliphatic carbocycles. The smallest absolute Gasteiger partial charge is 0.407 e. The van der Waals surface area contributed by atoms with E-state index in [9.17, 15) is 9.59 Å². The third kappa shape index (κ3) is 3.51. The molecular formula is C12H21NO3. The summed E-state index contributed by atoms with van der Waals surface area (Å²) in [6, 6.07) is 0.170. The van der Waals surface area contributed by atoms with Gasteiger partial charge in [0.15, 0.2) is 0 Å². The van der Waals surface area contributed by atoms with Crippen molar-refractivity contribution in [3.8, 4) is 0 Å². The monoisotopic (exact) mass is 227 g/mol. The Morgan fingerprint density at radius 1 is 1.19 bits per heavy atom. The normalized spacial score (nSPS) is 25.2. The van der Waals surface area contributed by atoms with Crippen molar-refractivity contribution in [2.24, 2.45) is 11.8 Å². The molecule has 0 heterocycles. The number of hydrogen-bond donors (Lipinski definition) is 1. The first-order valence-electron chi connectivity index (χ1n) is 5.92. The summed E-state index contributed by atoms with van der Waals surface area (Å²) in [5.74, 6) is 0.669. The molecule has 0 spiro atoms. The minimum Gasteiger partial charge on any atom is -0.453 e. The van der Waals surface area contributed by atoms with Gasteiger partial charge in [0, 0.05) is 17.9 Å². The second-order valence-corrected chi connectivity index (χ2v) is 4.74. The molecule has 4 nitrogen and oxygen atoms in total. The fourth-order valence-corrected chi connectivity index (χ4v) is 2.22. The molecule has 1 aliphatic rings. The summed E-state index contributed by atoms with van der Waals surface area (Å²) < 4.78 is 4.55. The lowest BCUT2D eigenvalue weighted by molar-refractivity contribution is -0.126. The second kappa shape index (κ2) is 5.87. The summed E-state index contributed by atoms with van der Waals surface area (Å²) in [7, 11) is 1.36. The van der Waals surface area contributed by atoms with Gasteiger partial charge in [-0.05, 0) is 25.7 Å². The number of alkyl carbamates (subject to hydrolysis) is 1. The van der Waals surface area contributed by atoms with Crippen LogP contribution in [0.4, 0.5) is 4.79 Å². The maximum atomic E-state index is 11.8. The summed E-state index contributed by atoms with van der Waals surface area (Å²) >= 11 is 0. The first-order valence-corrected chi connectivity index (χ1v) is 5.92. The van der Waals surface area contributed by atoms with E-state index in [0.29, 0.717) is 5.78 Å². The van der Waals surface area contributed by atoms with Crippen LogP contribution < -0.4 is 5.32 Å². The van der Waals surface area contributed by atoms with E-state index in [-0.39, 0.29) is 24.0 Å². The molecule has 0 aromatic heterocycles. The van der Waals surface area contributed by atoms with Crippen LogP contribution in [-0.2, 0) is 9.53 Å². The van der Waals surface area contributed by atoms with Crippen LogP contribution in [0.1, 0.15) is 39.5 Å². The highest BCUT2D eigenvalue weighted by Crippen LogP contribution is 2.27. The zero-order valence-electron chi connectivity index (χ0n) is 10.3. The lowest BCUT2D eigenvalue weighted by Gasteiger charge is -2.28. The van der Waals surface area contributed by atoms with Gasteiger partial charge in [-0.15, -0.1) is 0 Å². The largest absolute Gasteiger partial charge is 0.453 e. The quantitative estimate of drug-likeness (QED) is 0.803. The molecule has 0 aromatic carbocycles. The van der Waals surface area contributed by atoms with Crippen molar-refractivity contribution in [3.05, 3.63) is 0 Å². The fourth-order valence-electron chi connectivity index (χ4n) is 2.22. The van der Waals surface area contributed by atoms with Crippen molar-refractivity contribution in [2.45, 2.75) is 45.6 Å². The number of ketones is 1. The zero-order chi connectivity index (χ0) is 12.1. The highest BCUT2D eigenvalue weighted by molar-refractivity contribution is 5.82. The molecule has 0 aromatic rings. The molecule has 1 fully saturated rings. The third-order valence-electron chi connectivity index (χ3n) is 3.21.